The number of aromatic nitrogens is 2. The molecule has 2 rings (SSSR count). The summed E-state index contributed by atoms with van der Waals surface area (Å²) in [7, 11) is 0. The molecule has 82 valence electrons. The van der Waals surface area contributed by atoms with Crippen LogP contribution >= 0.6 is 15.9 Å². The predicted octanol–water partition coefficient (Wildman–Crippen LogP) is 2.28. The molecule has 0 saturated heterocycles. The van der Waals surface area contributed by atoms with Crippen molar-refractivity contribution < 1.29 is 0 Å². The van der Waals surface area contributed by atoms with Crippen molar-refractivity contribution in [1.82, 2.24) is 9.97 Å². The summed E-state index contributed by atoms with van der Waals surface area (Å²) in [6.45, 7) is 5.51. The van der Waals surface area contributed by atoms with Crippen LogP contribution in [-0.4, -0.2) is 16.5 Å². The molecule has 1 unspecified atom stereocenters. The highest BCUT2D eigenvalue weighted by atomic mass is 79.9. The summed E-state index contributed by atoms with van der Waals surface area (Å²) in [6, 6.07) is 0. The number of rotatable bonds is 3. The van der Waals surface area contributed by atoms with Crippen molar-refractivity contribution in [3.05, 3.63) is 10.8 Å². The van der Waals surface area contributed by atoms with E-state index in [1.54, 1.807) is 0 Å². The number of halogens is 1. The lowest BCUT2D eigenvalue weighted by Crippen LogP contribution is -2.10. The van der Waals surface area contributed by atoms with Crippen LogP contribution in [0.3, 0.4) is 0 Å². The number of hydrogen-bond donors (Lipinski definition) is 2. The molecule has 1 aromatic heterocycles. The molecule has 1 atom stereocenters. The highest BCUT2D eigenvalue weighted by molar-refractivity contribution is 9.10. The first-order chi connectivity index (χ1) is 7.00. The zero-order valence-corrected chi connectivity index (χ0v) is 10.5. The van der Waals surface area contributed by atoms with Gasteiger partial charge < -0.3 is 11.1 Å². The summed E-state index contributed by atoms with van der Waals surface area (Å²) in [5, 5.41) is 3.29. The molecule has 1 saturated carbocycles. The van der Waals surface area contributed by atoms with E-state index in [2.05, 4.69) is 45.1 Å². The second-order valence-electron chi connectivity index (χ2n) is 4.69. The fraction of sp³-hybridized carbons (Fsp3) is 0.600. The van der Waals surface area contributed by atoms with Crippen LogP contribution in [0.2, 0.25) is 0 Å². The van der Waals surface area contributed by atoms with E-state index in [1.165, 1.54) is 12.7 Å². The lowest BCUT2D eigenvalue weighted by atomic mass is 10.1. The summed E-state index contributed by atoms with van der Waals surface area (Å²) in [4.78, 5) is 8.03. The maximum atomic E-state index is 5.66. The van der Waals surface area contributed by atoms with Gasteiger partial charge in [0, 0.05) is 6.54 Å². The maximum absolute atomic E-state index is 5.66. The summed E-state index contributed by atoms with van der Waals surface area (Å²) in [5.74, 6) is 1.99. The molecule has 0 radical (unpaired) electrons. The summed E-state index contributed by atoms with van der Waals surface area (Å²) >= 11 is 3.37. The average molecular weight is 271 g/mol. The molecule has 5 heteroatoms. The Morgan fingerprint density at radius 1 is 1.60 bits per heavy atom. The third kappa shape index (κ3) is 2.22. The molecule has 0 aliphatic heterocycles. The topological polar surface area (TPSA) is 63.8 Å². The van der Waals surface area contributed by atoms with Gasteiger partial charge >= 0.3 is 0 Å². The van der Waals surface area contributed by atoms with Crippen LogP contribution < -0.4 is 11.1 Å². The van der Waals surface area contributed by atoms with Crippen LogP contribution in [0.5, 0.6) is 0 Å². The van der Waals surface area contributed by atoms with E-state index in [-0.39, 0.29) is 0 Å². The average Bonchev–Trinajstić information content (AvgIpc) is 2.77. The van der Waals surface area contributed by atoms with Crippen molar-refractivity contribution in [2.24, 2.45) is 11.3 Å². The van der Waals surface area contributed by atoms with Gasteiger partial charge in [-0.2, -0.15) is 0 Å². The largest absolute Gasteiger partial charge is 0.383 e. The fourth-order valence-electron chi connectivity index (χ4n) is 1.65. The van der Waals surface area contributed by atoms with Gasteiger partial charge in [0.1, 0.15) is 22.4 Å². The standard InChI is InChI=1S/C10H15BrN4/c1-10(2)3-6(10)4-13-9-7(11)8(12)14-5-15-9/h5-6H,3-4H2,1-2H3,(H3,12,13,14,15). The van der Waals surface area contributed by atoms with E-state index in [1.807, 2.05) is 0 Å². The smallest absolute Gasteiger partial charge is 0.145 e. The molecule has 1 aliphatic rings. The zero-order chi connectivity index (χ0) is 11.1. The Morgan fingerprint density at radius 3 is 2.87 bits per heavy atom. The lowest BCUT2D eigenvalue weighted by Gasteiger charge is -2.08. The number of nitrogens with zero attached hydrogens (tertiary/aromatic N) is 2. The minimum Gasteiger partial charge on any atom is -0.383 e. The molecule has 1 heterocycles. The van der Waals surface area contributed by atoms with Gasteiger partial charge in [0.2, 0.25) is 0 Å². The highest BCUT2D eigenvalue weighted by Crippen LogP contribution is 2.51. The van der Waals surface area contributed by atoms with Crippen molar-refractivity contribution in [2.75, 3.05) is 17.6 Å². The lowest BCUT2D eigenvalue weighted by molar-refractivity contribution is 0.572. The summed E-state index contributed by atoms with van der Waals surface area (Å²) in [6.07, 6.45) is 2.75. The van der Waals surface area contributed by atoms with Crippen molar-refractivity contribution in [1.29, 1.82) is 0 Å². The quantitative estimate of drug-likeness (QED) is 0.885. The zero-order valence-electron chi connectivity index (χ0n) is 8.92. The molecule has 1 fully saturated rings. The fourth-order valence-corrected chi connectivity index (χ4v) is 2.00. The van der Waals surface area contributed by atoms with Crippen molar-refractivity contribution in [3.8, 4) is 0 Å². The van der Waals surface area contributed by atoms with Crippen LogP contribution in [-0.2, 0) is 0 Å². The molecule has 3 N–H and O–H groups in total. The van der Waals surface area contributed by atoms with Crippen LogP contribution in [0.1, 0.15) is 20.3 Å². The van der Waals surface area contributed by atoms with Crippen LogP contribution in [0, 0.1) is 11.3 Å². The Morgan fingerprint density at radius 2 is 2.27 bits per heavy atom. The third-order valence-electron chi connectivity index (χ3n) is 3.05. The van der Waals surface area contributed by atoms with Gasteiger partial charge in [-0.25, -0.2) is 9.97 Å². The normalized spacial score (nSPS) is 22.5. The molecular formula is C10H15BrN4. The van der Waals surface area contributed by atoms with Crippen LogP contribution in [0.4, 0.5) is 11.6 Å². The first-order valence-corrected chi connectivity index (χ1v) is 5.80. The van der Waals surface area contributed by atoms with E-state index in [9.17, 15) is 0 Å². The van der Waals surface area contributed by atoms with E-state index in [4.69, 9.17) is 5.73 Å². The van der Waals surface area contributed by atoms with Gasteiger partial charge in [0.05, 0.1) is 0 Å². The minimum atomic E-state index is 0.475. The van der Waals surface area contributed by atoms with E-state index < -0.39 is 0 Å². The molecule has 0 spiro atoms. The highest BCUT2D eigenvalue weighted by Gasteiger charge is 2.45. The second-order valence-corrected chi connectivity index (χ2v) is 5.49. The molecule has 0 aromatic carbocycles. The Labute approximate surface area is 97.8 Å². The van der Waals surface area contributed by atoms with Gasteiger partial charge in [-0.05, 0) is 33.7 Å². The van der Waals surface area contributed by atoms with Gasteiger partial charge in [0.25, 0.3) is 0 Å². The summed E-state index contributed by atoms with van der Waals surface area (Å²) < 4.78 is 0.753. The molecule has 4 nitrogen and oxygen atoms in total. The minimum absolute atomic E-state index is 0.475. The number of nitrogen functional groups attached to an aromatic ring is 1. The maximum Gasteiger partial charge on any atom is 0.145 e. The number of hydrogen-bond acceptors (Lipinski definition) is 4. The van der Waals surface area contributed by atoms with E-state index in [0.29, 0.717) is 11.2 Å². The van der Waals surface area contributed by atoms with Gasteiger partial charge in [-0.3, -0.25) is 0 Å². The van der Waals surface area contributed by atoms with Crippen LogP contribution in [0.25, 0.3) is 0 Å². The van der Waals surface area contributed by atoms with Crippen molar-refractivity contribution >= 4 is 27.6 Å². The van der Waals surface area contributed by atoms with Crippen LogP contribution in [0.15, 0.2) is 10.8 Å². The Bertz CT molecular complexity index is 378. The first kappa shape index (κ1) is 10.7. The van der Waals surface area contributed by atoms with E-state index in [0.717, 1.165) is 22.8 Å². The Kier molecular flexibility index (Phi) is 2.58. The summed E-state index contributed by atoms with van der Waals surface area (Å²) in [5.41, 5.74) is 6.14. The second kappa shape index (κ2) is 3.63. The number of anilines is 2. The van der Waals surface area contributed by atoms with Crippen molar-refractivity contribution in [3.63, 3.8) is 0 Å². The molecule has 1 aliphatic carbocycles. The molecule has 15 heavy (non-hydrogen) atoms. The number of nitrogens with one attached hydrogen (secondary N) is 1. The predicted molar refractivity (Wildman–Crippen MR) is 64.5 cm³/mol. The molecular weight excluding hydrogens is 256 g/mol. The Hall–Kier alpha value is -0.840. The van der Waals surface area contributed by atoms with Gasteiger partial charge in [-0.15, -0.1) is 0 Å². The third-order valence-corrected chi connectivity index (χ3v) is 3.83. The monoisotopic (exact) mass is 270 g/mol. The SMILES string of the molecule is CC1(C)CC1CNc1ncnc(N)c1Br. The van der Waals surface area contributed by atoms with Gasteiger partial charge in [-0.1, -0.05) is 13.8 Å². The van der Waals surface area contributed by atoms with Gasteiger partial charge in [0.15, 0.2) is 0 Å². The first-order valence-electron chi connectivity index (χ1n) is 5.00. The van der Waals surface area contributed by atoms with Crippen molar-refractivity contribution in [2.45, 2.75) is 20.3 Å². The van der Waals surface area contributed by atoms with E-state index >= 15 is 0 Å². The molecule has 0 bridgehead atoms. The number of nitrogens with two attached hydrogens (primary N) is 1. The molecule has 0 amide bonds. The molecule has 1 aromatic rings. The Balaban J connectivity index is 1.97.